The van der Waals surface area contributed by atoms with Crippen LogP contribution in [0.2, 0.25) is 0 Å². The van der Waals surface area contributed by atoms with Crippen LogP contribution in [0.4, 0.5) is 0 Å². The van der Waals surface area contributed by atoms with Gasteiger partial charge in [-0.05, 0) is 23.1 Å². The second-order valence-electron chi connectivity index (χ2n) is 8.42. The minimum Gasteiger partial charge on any atom is -0.379 e. The maximum Gasteiger partial charge on any atom is 0.253 e. The summed E-state index contributed by atoms with van der Waals surface area (Å²) < 4.78 is 5.40. The zero-order chi connectivity index (χ0) is 18.6. The minimum absolute atomic E-state index is 0.119. The number of carbonyl (C=O) groups is 1. The summed E-state index contributed by atoms with van der Waals surface area (Å²) in [6.45, 7) is 16.2. The van der Waals surface area contributed by atoms with Gasteiger partial charge in [0.05, 0.1) is 13.2 Å². The SMILES string of the molecule is CC(C)(C)c1ccc(C(=O)N2CCN(CCN3CCOCC3)CC2)cc1. The molecule has 1 aromatic carbocycles. The lowest BCUT2D eigenvalue weighted by Crippen LogP contribution is -2.51. The quantitative estimate of drug-likeness (QED) is 0.825. The van der Waals surface area contributed by atoms with Gasteiger partial charge in [-0.3, -0.25) is 14.6 Å². The number of carbonyl (C=O) groups excluding carboxylic acids is 1. The number of hydrogen-bond donors (Lipinski definition) is 0. The van der Waals surface area contributed by atoms with Crippen LogP contribution in [0.5, 0.6) is 0 Å². The Morgan fingerprint density at radius 1 is 0.885 bits per heavy atom. The summed E-state index contributed by atoms with van der Waals surface area (Å²) in [7, 11) is 0. The van der Waals surface area contributed by atoms with Crippen LogP contribution in [0.3, 0.4) is 0 Å². The lowest BCUT2D eigenvalue weighted by atomic mass is 9.86. The van der Waals surface area contributed by atoms with E-state index in [2.05, 4.69) is 42.7 Å². The van der Waals surface area contributed by atoms with Crippen molar-refractivity contribution in [2.45, 2.75) is 26.2 Å². The van der Waals surface area contributed by atoms with Gasteiger partial charge >= 0.3 is 0 Å². The second-order valence-corrected chi connectivity index (χ2v) is 8.42. The van der Waals surface area contributed by atoms with Crippen molar-refractivity contribution in [3.63, 3.8) is 0 Å². The summed E-state index contributed by atoms with van der Waals surface area (Å²) in [6, 6.07) is 8.14. The molecule has 1 amide bonds. The molecule has 5 nitrogen and oxygen atoms in total. The Kier molecular flexibility index (Phi) is 6.33. The van der Waals surface area contributed by atoms with E-state index >= 15 is 0 Å². The molecule has 2 heterocycles. The zero-order valence-electron chi connectivity index (χ0n) is 16.5. The highest BCUT2D eigenvalue weighted by molar-refractivity contribution is 5.94. The molecule has 0 radical (unpaired) electrons. The van der Waals surface area contributed by atoms with Crippen LogP contribution in [0.1, 0.15) is 36.7 Å². The number of rotatable bonds is 4. The van der Waals surface area contributed by atoms with Crippen molar-refractivity contribution in [1.82, 2.24) is 14.7 Å². The Hall–Kier alpha value is -1.43. The molecule has 2 aliphatic rings. The highest BCUT2D eigenvalue weighted by Gasteiger charge is 2.23. The number of ether oxygens (including phenoxy) is 1. The van der Waals surface area contributed by atoms with Crippen molar-refractivity contribution >= 4 is 5.91 Å². The molecule has 0 spiro atoms. The number of piperazine rings is 1. The van der Waals surface area contributed by atoms with Gasteiger partial charge in [0, 0.05) is 57.9 Å². The van der Waals surface area contributed by atoms with E-state index < -0.39 is 0 Å². The molecule has 0 saturated carbocycles. The van der Waals surface area contributed by atoms with E-state index in [0.29, 0.717) is 0 Å². The molecular weight excluding hydrogens is 326 g/mol. The molecule has 2 fully saturated rings. The molecule has 0 aliphatic carbocycles. The molecule has 0 N–H and O–H groups in total. The number of hydrogen-bond acceptors (Lipinski definition) is 4. The smallest absolute Gasteiger partial charge is 0.253 e. The largest absolute Gasteiger partial charge is 0.379 e. The Balaban J connectivity index is 1.45. The first-order valence-electron chi connectivity index (χ1n) is 9.86. The molecule has 144 valence electrons. The second kappa shape index (κ2) is 8.51. The first-order chi connectivity index (χ1) is 12.4. The topological polar surface area (TPSA) is 36.0 Å². The van der Waals surface area contributed by atoms with Crippen molar-refractivity contribution in [2.75, 3.05) is 65.6 Å². The van der Waals surface area contributed by atoms with Gasteiger partial charge in [0.25, 0.3) is 5.91 Å². The average Bonchev–Trinajstić information content (AvgIpc) is 2.66. The zero-order valence-corrected chi connectivity index (χ0v) is 16.5. The third kappa shape index (κ3) is 5.06. The number of nitrogens with zero attached hydrogens (tertiary/aromatic N) is 3. The highest BCUT2D eigenvalue weighted by Crippen LogP contribution is 2.22. The molecule has 5 heteroatoms. The van der Waals surface area contributed by atoms with Crippen molar-refractivity contribution < 1.29 is 9.53 Å². The van der Waals surface area contributed by atoms with Gasteiger partial charge < -0.3 is 9.64 Å². The maximum atomic E-state index is 12.8. The van der Waals surface area contributed by atoms with E-state index in [1.54, 1.807) is 0 Å². The molecule has 0 bridgehead atoms. The Morgan fingerprint density at radius 2 is 1.42 bits per heavy atom. The van der Waals surface area contributed by atoms with E-state index in [-0.39, 0.29) is 11.3 Å². The minimum atomic E-state index is 0.119. The number of amides is 1. The predicted molar refractivity (Wildman–Crippen MR) is 105 cm³/mol. The van der Waals surface area contributed by atoms with Gasteiger partial charge in [0.1, 0.15) is 0 Å². The summed E-state index contributed by atoms with van der Waals surface area (Å²) in [5.41, 5.74) is 2.19. The lowest BCUT2D eigenvalue weighted by molar-refractivity contribution is 0.0293. The van der Waals surface area contributed by atoms with Gasteiger partial charge in [-0.1, -0.05) is 32.9 Å². The molecule has 0 atom stereocenters. The Morgan fingerprint density at radius 3 is 1.96 bits per heavy atom. The van der Waals surface area contributed by atoms with Crippen LogP contribution in [-0.2, 0) is 10.2 Å². The van der Waals surface area contributed by atoms with Crippen LogP contribution in [0.15, 0.2) is 24.3 Å². The molecule has 2 aliphatic heterocycles. The van der Waals surface area contributed by atoms with Crippen LogP contribution >= 0.6 is 0 Å². The third-order valence-electron chi connectivity index (χ3n) is 5.49. The molecule has 26 heavy (non-hydrogen) atoms. The van der Waals surface area contributed by atoms with Crippen LogP contribution in [0, 0.1) is 0 Å². The van der Waals surface area contributed by atoms with Gasteiger partial charge in [-0.25, -0.2) is 0 Å². The molecule has 1 aromatic rings. The van der Waals surface area contributed by atoms with Crippen molar-refractivity contribution in [1.29, 1.82) is 0 Å². The molecule has 0 aromatic heterocycles. The van der Waals surface area contributed by atoms with E-state index in [1.807, 2.05) is 17.0 Å². The maximum absolute atomic E-state index is 12.8. The average molecular weight is 360 g/mol. The molecule has 2 saturated heterocycles. The molecular formula is C21H33N3O2. The monoisotopic (exact) mass is 359 g/mol. The van der Waals surface area contributed by atoms with Crippen molar-refractivity contribution in [3.05, 3.63) is 35.4 Å². The highest BCUT2D eigenvalue weighted by atomic mass is 16.5. The van der Waals surface area contributed by atoms with E-state index in [9.17, 15) is 4.79 Å². The summed E-state index contributed by atoms with van der Waals surface area (Å²) in [6.07, 6.45) is 0. The third-order valence-corrected chi connectivity index (χ3v) is 5.49. The predicted octanol–water partition coefficient (Wildman–Crippen LogP) is 2.07. The lowest BCUT2D eigenvalue weighted by Gasteiger charge is -2.36. The standard InChI is InChI=1S/C21H33N3O2/c1-21(2,3)19-6-4-18(5-7-19)20(25)24-12-10-22(11-13-24)8-9-23-14-16-26-17-15-23/h4-7H,8-17H2,1-3H3. The normalized spacial score (nSPS) is 20.3. The first kappa shape index (κ1) is 19.3. The van der Waals surface area contributed by atoms with Crippen LogP contribution < -0.4 is 0 Å². The fraction of sp³-hybridized carbons (Fsp3) is 0.667. The molecule has 0 unspecified atom stereocenters. The molecule has 3 rings (SSSR count). The van der Waals surface area contributed by atoms with E-state index in [4.69, 9.17) is 4.74 Å². The number of morpholine rings is 1. The van der Waals surface area contributed by atoms with E-state index in [0.717, 1.165) is 71.1 Å². The van der Waals surface area contributed by atoms with E-state index in [1.165, 1.54) is 5.56 Å². The first-order valence-corrected chi connectivity index (χ1v) is 9.86. The van der Waals surface area contributed by atoms with Crippen molar-refractivity contribution in [2.24, 2.45) is 0 Å². The van der Waals surface area contributed by atoms with Gasteiger partial charge in [0.2, 0.25) is 0 Å². The summed E-state index contributed by atoms with van der Waals surface area (Å²) in [4.78, 5) is 19.7. The summed E-state index contributed by atoms with van der Waals surface area (Å²) in [5, 5.41) is 0. The van der Waals surface area contributed by atoms with Gasteiger partial charge in [0.15, 0.2) is 0 Å². The van der Waals surface area contributed by atoms with Crippen LogP contribution in [-0.4, -0.2) is 86.2 Å². The Bertz CT molecular complexity index is 580. The van der Waals surface area contributed by atoms with Crippen molar-refractivity contribution in [3.8, 4) is 0 Å². The summed E-state index contributed by atoms with van der Waals surface area (Å²) in [5.74, 6) is 0.165. The van der Waals surface area contributed by atoms with Gasteiger partial charge in [-0.15, -0.1) is 0 Å². The van der Waals surface area contributed by atoms with Crippen LogP contribution in [0.25, 0.3) is 0 Å². The Labute approximate surface area is 157 Å². The fourth-order valence-electron chi connectivity index (χ4n) is 3.58. The summed E-state index contributed by atoms with van der Waals surface area (Å²) >= 11 is 0. The fourth-order valence-corrected chi connectivity index (χ4v) is 3.58. The number of benzene rings is 1. The van der Waals surface area contributed by atoms with Gasteiger partial charge in [-0.2, -0.15) is 0 Å².